The molecule has 1 atom stereocenters. The van der Waals surface area contributed by atoms with Crippen molar-refractivity contribution in [2.75, 3.05) is 19.5 Å². The van der Waals surface area contributed by atoms with Gasteiger partial charge in [0.05, 0.1) is 14.2 Å². The molecule has 2 aromatic carbocycles. The Hall–Kier alpha value is -2.69. The predicted molar refractivity (Wildman–Crippen MR) is 96.4 cm³/mol. The van der Waals surface area contributed by atoms with Gasteiger partial charge in [-0.2, -0.15) is 0 Å². The Bertz CT molecular complexity index is 755. The Labute approximate surface area is 147 Å². The molecular weight excluding hydrogens is 318 g/mol. The van der Waals surface area contributed by atoms with E-state index in [0.29, 0.717) is 17.1 Å². The maximum atomic E-state index is 12.3. The molecule has 25 heavy (non-hydrogen) atoms. The second-order valence-electron chi connectivity index (χ2n) is 6.00. The molecule has 0 amide bonds. The lowest BCUT2D eigenvalue weighted by atomic mass is 10.1. The van der Waals surface area contributed by atoms with Crippen LogP contribution in [0.1, 0.15) is 47.5 Å². The molecule has 0 unspecified atom stereocenters. The van der Waals surface area contributed by atoms with Gasteiger partial charge in [-0.25, -0.2) is 4.79 Å². The number of hydrogen-bond donors (Lipinski definition) is 1. The summed E-state index contributed by atoms with van der Waals surface area (Å²) in [6.07, 6.45) is 2.90. The minimum Gasteiger partial charge on any atom is -0.493 e. The molecule has 0 spiro atoms. The molecule has 0 fully saturated rings. The highest BCUT2D eigenvalue weighted by Crippen LogP contribution is 2.42. The number of fused-ring (bicyclic) bond motifs is 1. The molecule has 1 N–H and O–H groups in total. The summed E-state index contributed by atoms with van der Waals surface area (Å²) in [5, 5.41) is 3.26. The number of ether oxygens (including phenoxy) is 3. The molecule has 1 aliphatic rings. The summed E-state index contributed by atoms with van der Waals surface area (Å²) in [6.45, 7) is 2.19. The molecule has 0 aromatic heterocycles. The molecule has 132 valence electrons. The SMILES string of the molecule is CCCCc1ccc(N[C@@H]2OC(=O)c3c2ccc(OC)c3OC)cc1. The van der Waals surface area contributed by atoms with Crippen LogP contribution < -0.4 is 14.8 Å². The summed E-state index contributed by atoms with van der Waals surface area (Å²) >= 11 is 0. The molecule has 0 bridgehead atoms. The van der Waals surface area contributed by atoms with Crippen LogP contribution in [0.5, 0.6) is 11.5 Å². The molecular formula is C20H23NO4. The average Bonchev–Trinajstić information content (AvgIpc) is 2.96. The van der Waals surface area contributed by atoms with Gasteiger partial charge >= 0.3 is 5.97 Å². The van der Waals surface area contributed by atoms with Crippen LogP contribution in [0.25, 0.3) is 0 Å². The van der Waals surface area contributed by atoms with Crippen LogP contribution in [0, 0.1) is 0 Å². The molecule has 5 heteroatoms. The Morgan fingerprint density at radius 3 is 2.48 bits per heavy atom. The van der Waals surface area contributed by atoms with Gasteiger partial charge < -0.3 is 19.5 Å². The molecule has 0 radical (unpaired) electrons. The highest BCUT2D eigenvalue weighted by molar-refractivity contribution is 5.98. The van der Waals surface area contributed by atoms with Crippen molar-refractivity contribution in [2.24, 2.45) is 0 Å². The van der Waals surface area contributed by atoms with E-state index in [0.717, 1.165) is 17.7 Å². The molecule has 0 saturated carbocycles. The number of cyclic esters (lactones) is 1. The van der Waals surface area contributed by atoms with Crippen molar-refractivity contribution >= 4 is 11.7 Å². The van der Waals surface area contributed by atoms with Crippen molar-refractivity contribution in [1.29, 1.82) is 0 Å². The minimum absolute atomic E-state index is 0.407. The fraction of sp³-hybridized carbons (Fsp3) is 0.350. The van der Waals surface area contributed by atoms with E-state index in [2.05, 4.69) is 24.4 Å². The van der Waals surface area contributed by atoms with E-state index in [1.807, 2.05) is 18.2 Å². The summed E-state index contributed by atoms with van der Waals surface area (Å²) in [6, 6.07) is 11.8. The van der Waals surface area contributed by atoms with Crippen molar-refractivity contribution in [2.45, 2.75) is 32.4 Å². The second kappa shape index (κ2) is 7.47. The zero-order valence-electron chi connectivity index (χ0n) is 14.8. The first-order valence-electron chi connectivity index (χ1n) is 8.49. The van der Waals surface area contributed by atoms with Gasteiger partial charge in [0.1, 0.15) is 5.56 Å². The van der Waals surface area contributed by atoms with E-state index in [1.165, 1.54) is 25.5 Å². The fourth-order valence-electron chi connectivity index (χ4n) is 3.01. The minimum atomic E-state index is -0.538. The summed E-state index contributed by atoms with van der Waals surface area (Å²) in [5.74, 6) is 0.506. The molecule has 0 saturated heterocycles. The molecule has 5 nitrogen and oxygen atoms in total. The van der Waals surface area contributed by atoms with Gasteiger partial charge in [-0.1, -0.05) is 25.5 Å². The van der Waals surface area contributed by atoms with Crippen molar-refractivity contribution in [1.82, 2.24) is 0 Å². The Morgan fingerprint density at radius 1 is 1.08 bits per heavy atom. The molecule has 1 heterocycles. The van der Waals surface area contributed by atoms with Gasteiger partial charge in [-0.05, 0) is 42.7 Å². The van der Waals surface area contributed by atoms with Gasteiger partial charge in [0.25, 0.3) is 0 Å². The van der Waals surface area contributed by atoms with E-state index in [9.17, 15) is 4.79 Å². The quantitative estimate of drug-likeness (QED) is 0.760. The summed E-state index contributed by atoms with van der Waals surface area (Å²) in [7, 11) is 3.06. The van der Waals surface area contributed by atoms with Crippen LogP contribution in [0.15, 0.2) is 36.4 Å². The zero-order chi connectivity index (χ0) is 17.8. The first-order valence-corrected chi connectivity index (χ1v) is 8.49. The van der Waals surface area contributed by atoms with Gasteiger partial charge in [-0.15, -0.1) is 0 Å². The lowest BCUT2D eigenvalue weighted by molar-refractivity contribution is 0.0435. The van der Waals surface area contributed by atoms with Crippen molar-refractivity contribution in [3.63, 3.8) is 0 Å². The van der Waals surface area contributed by atoms with Crippen LogP contribution in [0.2, 0.25) is 0 Å². The number of methoxy groups -OCH3 is 2. The molecule has 3 rings (SSSR count). The molecule has 1 aliphatic heterocycles. The van der Waals surface area contributed by atoms with Gasteiger partial charge in [-0.3, -0.25) is 0 Å². The summed E-state index contributed by atoms with van der Waals surface area (Å²) in [5.41, 5.74) is 3.37. The van der Waals surface area contributed by atoms with Gasteiger partial charge in [0, 0.05) is 11.3 Å². The highest BCUT2D eigenvalue weighted by Gasteiger charge is 2.35. The van der Waals surface area contributed by atoms with Crippen LogP contribution in [-0.4, -0.2) is 20.2 Å². The Balaban J connectivity index is 1.81. The standard InChI is InChI=1S/C20H23NO4/c1-4-5-6-13-7-9-14(10-8-13)21-19-15-11-12-16(23-2)18(24-3)17(15)20(22)25-19/h7-12,19,21H,4-6H2,1-3H3/t19-/m1/s1. The van der Waals surface area contributed by atoms with E-state index >= 15 is 0 Å². The van der Waals surface area contributed by atoms with Gasteiger partial charge in [0.15, 0.2) is 11.5 Å². The largest absolute Gasteiger partial charge is 0.493 e. The number of anilines is 1. The maximum absolute atomic E-state index is 12.3. The highest BCUT2D eigenvalue weighted by atomic mass is 16.6. The lowest BCUT2D eigenvalue weighted by Gasteiger charge is -2.15. The fourth-order valence-corrected chi connectivity index (χ4v) is 3.01. The van der Waals surface area contributed by atoms with E-state index in [-0.39, 0.29) is 0 Å². The van der Waals surface area contributed by atoms with Crippen molar-refractivity contribution < 1.29 is 19.0 Å². The maximum Gasteiger partial charge on any atom is 0.344 e. The van der Waals surface area contributed by atoms with Crippen LogP contribution in [0.3, 0.4) is 0 Å². The number of esters is 1. The predicted octanol–water partition coefficient (Wildman–Crippen LogP) is 4.33. The number of hydrogen-bond acceptors (Lipinski definition) is 5. The Morgan fingerprint density at radius 2 is 1.84 bits per heavy atom. The number of unbranched alkanes of at least 4 members (excludes halogenated alkanes) is 1. The zero-order valence-corrected chi connectivity index (χ0v) is 14.8. The third-order valence-electron chi connectivity index (χ3n) is 4.36. The number of aryl methyl sites for hydroxylation is 1. The monoisotopic (exact) mass is 341 g/mol. The van der Waals surface area contributed by atoms with E-state index in [4.69, 9.17) is 14.2 Å². The van der Waals surface area contributed by atoms with E-state index < -0.39 is 12.2 Å². The lowest BCUT2D eigenvalue weighted by Crippen LogP contribution is -2.10. The van der Waals surface area contributed by atoms with Crippen LogP contribution in [0.4, 0.5) is 5.69 Å². The smallest absolute Gasteiger partial charge is 0.344 e. The number of carbonyl (C=O) groups is 1. The Kier molecular flexibility index (Phi) is 5.12. The summed E-state index contributed by atoms with van der Waals surface area (Å²) in [4.78, 5) is 12.3. The average molecular weight is 341 g/mol. The topological polar surface area (TPSA) is 56.8 Å². The third kappa shape index (κ3) is 3.40. The van der Waals surface area contributed by atoms with Crippen LogP contribution >= 0.6 is 0 Å². The van der Waals surface area contributed by atoms with Crippen molar-refractivity contribution in [3.05, 3.63) is 53.1 Å². The number of benzene rings is 2. The molecule has 2 aromatic rings. The van der Waals surface area contributed by atoms with Crippen molar-refractivity contribution in [3.8, 4) is 11.5 Å². The van der Waals surface area contributed by atoms with Crippen LogP contribution in [-0.2, 0) is 11.2 Å². The first-order chi connectivity index (χ1) is 12.2. The summed E-state index contributed by atoms with van der Waals surface area (Å²) < 4.78 is 16.1. The number of rotatable bonds is 7. The first kappa shape index (κ1) is 17.1. The normalized spacial score (nSPS) is 15.5. The third-order valence-corrected chi connectivity index (χ3v) is 4.36. The van der Waals surface area contributed by atoms with E-state index in [1.54, 1.807) is 13.2 Å². The van der Waals surface area contributed by atoms with Gasteiger partial charge in [0.2, 0.25) is 6.23 Å². The second-order valence-corrected chi connectivity index (χ2v) is 6.00. The number of nitrogens with one attached hydrogen (secondary N) is 1. The number of carbonyl (C=O) groups excluding carboxylic acids is 1. The molecule has 0 aliphatic carbocycles.